The zero-order valence-corrected chi connectivity index (χ0v) is 10.3. The van der Waals surface area contributed by atoms with Crippen LogP contribution in [-0.2, 0) is 0 Å². The highest BCUT2D eigenvalue weighted by Crippen LogP contribution is 2.23. The van der Waals surface area contributed by atoms with Crippen LogP contribution in [0.3, 0.4) is 0 Å². The van der Waals surface area contributed by atoms with Crippen molar-refractivity contribution in [2.45, 2.75) is 0 Å². The van der Waals surface area contributed by atoms with E-state index in [1.54, 1.807) is 12.1 Å². The molecule has 0 unspecified atom stereocenters. The highest BCUT2D eigenvalue weighted by Gasteiger charge is 2.06. The molecule has 0 fully saturated rings. The van der Waals surface area contributed by atoms with Crippen molar-refractivity contribution in [3.63, 3.8) is 0 Å². The lowest BCUT2D eigenvalue weighted by Crippen LogP contribution is -2.01. The molecule has 0 amide bonds. The molecule has 0 bridgehead atoms. The second kappa shape index (κ2) is 5.21. The van der Waals surface area contributed by atoms with Crippen LogP contribution in [0.5, 0.6) is 0 Å². The highest BCUT2D eigenvalue weighted by molar-refractivity contribution is 6.28. The molecule has 0 saturated carbocycles. The van der Waals surface area contributed by atoms with Crippen molar-refractivity contribution >= 4 is 28.8 Å². The molecule has 2 rings (SSSR count). The van der Waals surface area contributed by atoms with Crippen LogP contribution in [0.4, 0.5) is 17.2 Å². The van der Waals surface area contributed by atoms with E-state index >= 15 is 0 Å². The minimum Gasteiger partial charge on any atom is -0.394 e. The average Bonchev–Trinajstić information content (AvgIpc) is 2.42. The first-order valence-corrected chi connectivity index (χ1v) is 5.51. The molecule has 0 aliphatic rings. The van der Waals surface area contributed by atoms with Crippen molar-refractivity contribution in [1.82, 2.24) is 9.97 Å². The molecule has 1 aromatic heterocycles. The fourth-order valence-corrected chi connectivity index (χ4v) is 1.55. The average molecular weight is 271 g/mol. The third kappa shape index (κ3) is 2.71. The van der Waals surface area contributed by atoms with E-state index < -0.39 is 0 Å². The number of anilines is 3. The van der Waals surface area contributed by atoms with E-state index in [1.807, 2.05) is 12.1 Å². The molecule has 0 radical (unpaired) electrons. The van der Waals surface area contributed by atoms with Crippen molar-refractivity contribution in [2.75, 3.05) is 11.1 Å². The summed E-state index contributed by atoms with van der Waals surface area (Å²) in [5.74, 6) is 0.341. The summed E-state index contributed by atoms with van der Waals surface area (Å²) in [4.78, 5) is 7.67. The summed E-state index contributed by atoms with van der Waals surface area (Å²) in [6, 6.07) is 8.61. The van der Waals surface area contributed by atoms with Crippen molar-refractivity contribution < 1.29 is 0 Å². The zero-order valence-electron chi connectivity index (χ0n) is 9.55. The summed E-state index contributed by atoms with van der Waals surface area (Å²) in [7, 11) is 0. The van der Waals surface area contributed by atoms with Crippen LogP contribution in [0.25, 0.3) is 0 Å². The van der Waals surface area contributed by atoms with E-state index in [1.165, 1.54) is 12.3 Å². The van der Waals surface area contributed by atoms with Crippen LogP contribution in [0.1, 0.15) is 11.1 Å². The molecule has 1 heterocycles. The number of nitrogens with zero attached hydrogens (tertiary/aromatic N) is 4. The van der Waals surface area contributed by atoms with E-state index in [2.05, 4.69) is 15.3 Å². The summed E-state index contributed by atoms with van der Waals surface area (Å²) in [5.41, 5.74) is 7.18. The van der Waals surface area contributed by atoms with Crippen molar-refractivity contribution in [3.8, 4) is 12.1 Å². The van der Waals surface area contributed by atoms with Gasteiger partial charge in [0.1, 0.15) is 12.1 Å². The van der Waals surface area contributed by atoms with Gasteiger partial charge in [-0.05, 0) is 29.8 Å². The van der Waals surface area contributed by atoms with Gasteiger partial charge in [0.2, 0.25) is 5.28 Å². The lowest BCUT2D eigenvalue weighted by atomic mass is 10.1. The fourth-order valence-electron chi connectivity index (χ4n) is 1.42. The van der Waals surface area contributed by atoms with Gasteiger partial charge in [-0.1, -0.05) is 0 Å². The second-order valence-electron chi connectivity index (χ2n) is 3.55. The molecule has 2 aromatic rings. The number of nitrogens with one attached hydrogen (secondary N) is 1. The van der Waals surface area contributed by atoms with Crippen LogP contribution in [0, 0.1) is 22.7 Å². The molecule has 6 nitrogen and oxygen atoms in total. The van der Waals surface area contributed by atoms with Gasteiger partial charge < -0.3 is 11.1 Å². The number of nitrogen functional groups attached to an aromatic ring is 1. The number of halogens is 1. The summed E-state index contributed by atoms with van der Waals surface area (Å²) < 4.78 is 0. The summed E-state index contributed by atoms with van der Waals surface area (Å²) in [6.07, 6.45) is 1.38. The molecule has 1 aromatic carbocycles. The highest BCUT2D eigenvalue weighted by atomic mass is 35.5. The number of nitriles is 2. The van der Waals surface area contributed by atoms with E-state index in [9.17, 15) is 0 Å². The molecule has 0 atom stereocenters. The predicted molar refractivity (Wildman–Crippen MR) is 70.6 cm³/mol. The van der Waals surface area contributed by atoms with E-state index in [0.29, 0.717) is 22.8 Å². The number of hydrogen-bond acceptors (Lipinski definition) is 6. The number of benzene rings is 1. The van der Waals surface area contributed by atoms with Crippen molar-refractivity contribution in [1.29, 1.82) is 10.5 Å². The summed E-state index contributed by atoms with van der Waals surface area (Å²) in [6.45, 7) is 0. The predicted octanol–water partition coefficient (Wildman–Crippen LogP) is 2.20. The number of aromatic nitrogens is 2. The van der Waals surface area contributed by atoms with Gasteiger partial charge in [-0.15, -0.1) is 0 Å². The molecular formula is C12H7ClN6. The van der Waals surface area contributed by atoms with Crippen LogP contribution < -0.4 is 11.1 Å². The molecule has 3 N–H and O–H groups in total. The molecule has 92 valence electrons. The Labute approximate surface area is 114 Å². The van der Waals surface area contributed by atoms with Gasteiger partial charge in [0.25, 0.3) is 0 Å². The van der Waals surface area contributed by atoms with Gasteiger partial charge in [0.05, 0.1) is 23.0 Å². The van der Waals surface area contributed by atoms with E-state index in [-0.39, 0.29) is 10.8 Å². The quantitative estimate of drug-likeness (QED) is 0.809. The van der Waals surface area contributed by atoms with Gasteiger partial charge in [0, 0.05) is 5.69 Å². The Kier molecular flexibility index (Phi) is 3.46. The monoisotopic (exact) mass is 270 g/mol. The lowest BCUT2D eigenvalue weighted by molar-refractivity contribution is 1.17. The Balaban J connectivity index is 2.37. The lowest BCUT2D eigenvalue weighted by Gasteiger charge is -2.08. The molecule has 0 spiro atoms. The minimum absolute atomic E-state index is 0.0610. The molecular weight excluding hydrogens is 264 g/mol. The van der Waals surface area contributed by atoms with E-state index in [4.69, 9.17) is 27.9 Å². The third-order valence-electron chi connectivity index (χ3n) is 2.31. The maximum Gasteiger partial charge on any atom is 0.224 e. The Morgan fingerprint density at radius 1 is 1.21 bits per heavy atom. The Morgan fingerprint density at radius 3 is 2.63 bits per heavy atom. The van der Waals surface area contributed by atoms with Gasteiger partial charge in [-0.25, -0.2) is 4.98 Å². The minimum atomic E-state index is 0.0610. The normalized spacial score (nSPS) is 9.42. The van der Waals surface area contributed by atoms with E-state index in [0.717, 1.165) is 0 Å². The first-order chi connectivity index (χ1) is 9.13. The topological polar surface area (TPSA) is 111 Å². The van der Waals surface area contributed by atoms with Gasteiger partial charge in [-0.2, -0.15) is 15.5 Å². The first-order valence-electron chi connectivity index (χ1n) is 5.13. The van der Waals surface area contributed by atoms with Gasteiger partial charge >= 0.3 is 0 Å². The Morgan fingerprint density at radius 2 is 1.95 bits per heavy atom. The number of nitrogens with two attached hydrogens (primary N) is 1. The van der Waals surface area contributed by atoms with Crippen molar-refractivity contribution in [2.24, 2.45) is 0 Å². The second-order valence-corrected chi connectivity index (χ2v) is 3.89. The fraction of sp³-hybridized carbons (Fsp3) is 0. The Hall–Kier alpha value is -2.83. The van der Waals surface area contributed by atoms with Crippen LogP contribution in [0.2, 0.25) is 5.28 Å². The smallest absolute Gasteiger partial charge is 0.224 e. The summed E-state index contributed by atoms with van der Waals surface area (Å²) >= 11 is 5.68. The van der Waals surface area contributed by atoms with Crippen LogP contribution >= 0.6 is 11.6 Å². The summed E-state index contributed by atoms with van der Waals surface area (Å²) in [5, 5.41) is 20.7. The molecule has 7 heteroatoms. The van der Waals surface area contributed by atoms with Crippen LogP contribution in [0.15, 0.2) is 24.4 Å². The molecule has 0 saturated heterocycles. The third-order valence-corrected chi connectivity index (χ3v) is 2.49. The molecule has 0 aliphatic carbocycles. The zero-order chi connectivity index (χ0) is 13.8. The maximum absolute atomic E-state index is 8.94. The van der Waals surface area contributed by atoms with Crippen LogP contribution in [-0.4, -0.2) is 9.97 Å². The van der Waals surface area contributed by atoms with Gasteiger partial charge in [-0.3, -0.25) is 0 Å². The van der Waals surface area contributed by atoms with Crippen molar-refractivity contribution in [3.05, 3.63) is 40.8 Å². The number of hydrogen-bond donors (Lipinski definition) is 2. The molecule has 19 heavy (non-hydrogen) atoms. The Bertz CT molecular complexity index is 713. The standard InChI is InChI=1S/C12H7ClN6/c13-12-17-6-10(16)11(19-12)18-9-2-1-7(4-14)8(3-9)5-15/h1-3,6H,16H2,(H,17,18,19). The molecule has 0 aliphatic heterocycles. The maximum atomic E-state index is 8.94. The number of rotatable bonds is 2. The SMILES string of the molecule is N#Cc1ccc(Nc2nc(Cl)ncc2N)cc1C#N. The first kappa shape index (κ1) is 12.6. The van der Waals surface area contributed by atoms with Gasteiger partial charge in [0.15, 0.2) is 5.82 Å². The largest absolute Gasteiger partial charge is 0.394 e.